The predicted octanol–water partition coefficient (Wildman–Crippen LogP) is 15.9. The van der Waals surface area contributed by atoms with Crippen molar-refractivity contribution in [2.24, 2.45) is 0 Å². The van der Waals surface area contributed by atoms with Crippen LogP contribution >= 0.6 is 0 Å². The topological polar surface area (TPSA) is 78.9 Å². The van der Waals surface area contributed by atoms with E-state index in [1.165, 1.54) is 77.0 Å². The monoisotopic (exact) mass is 823 g/mol. The molecule has 0 aromatic carbocycles. The Morgan fingerprint density at radius 1 is 0.339 bits per heavy atom. The molecule has 0 aliphatic rings. The largest absolute Gasteiger partial charge is 0.462 e. The van der Waals surface area contributed by atoms with Gasteiger partial charge in [0.1, 0.15) is 13.2 Å². The van der Waals surface area contributed by atoms with Crippen molar-refractivity contribution in [3.05, 3.63) is 72.9 Å². The molecule has 0 fully saturated rings. The Morgan fingerprint density at radius 3 is 1.05 bits per heavy atom. The second kappa shape index (κ2) is 47.5. The van der Waals surface area contributed by atoms with Crippen molar-refractivity contribution in [2.45, 2.75) is 232 Å². The van der Waals surface area contributed by atoms with Crippen molar-refractivity contribution in [2.75, 3.05) is 13.2 Å². The van der Waals surface area contributed by atoms with Crippen molar-refractivity contribution in [3.8, 4) is 0 Å². The van der Waals surface area contributed by atoms with Crippen LogP contribution in [-0.2, 0) is 28.6 Å². The summed E-state index contributed by atoms with van der Waals surface area (Å²) in [5, 5.41) is 0. The van der Waals surface area contributed by atoms with Crippen molar-refractivity contribution in [3.63, 3.8) is 0 Å². The molecule has 59 heavy (non-hydrogen) atoms. The summed E-state index contributed by atoms with van der Waals surface area (Å²) in [7, 11) is 0. The number of carbonyl (C=O) groups excluding carboxylic acids is 3. The highest BCUT2D eigenvalue weighted by molar-refractivity contribution is 5.71. The molecule has 0 radical (unpaired) electrons. The lowest BCUT2D eigenvalue weighted by Crippen LogP contribution is -2.30. The quantitative estimate of drug-likeness (QED) is 0.0264. The number of hydrogen-bond acceptors (Lipinski definition) is 6. The molecule has 0 aromatic rings. The standard InChI is InChI=1S/C53H90O6/c1-4-7-10-13-16-19-22-24-26-28-31-34-37-40-43-46-52(55)58-49-50(48-57-51(54)45-42-39-36-33-30-21-18-15-12-9-6-3)59-53(56)47-44-41-38-35-32-29-27-25-23-20-17-14-11-8-5-2/h15-20,24-27,32,35,50H,4-14,21-23,28-31,33-34,36-49H2,1-3H3/b18-15-,19-16-,20-17-,26-24-,27-25-,35-32-/t50-/m0/s1. The predicted molar refractivity (Wildman–Crippen MR) is 251 cm³/mol. The van der Waals surface area contributed by atoms with Gasteiger partial charge in [-0.2, -0.15) is 0 Å². The molecular formula is C53H90O6. The number of esters is 3. The Kier molecular flexibility index (Phi) is 45.0. The third-order valence-corrected chi connectivity index (χ3v) is 10.2. The molecule has 6 heteroatoms. The number of rotatable bonds is 43. The molecule has 6 nitrogen and oxygen atoms in total. The molecule has 0 aliphatic carbocycles. The summed E-state index contributed by atoms with van der Waals surface area (Å²) in [6, 6.07) is 0. The number of carbonyl (C=O) groups is 3. The molecule has 0 aromatic heterocycles. The fraction of sp³-hybridized carbons (Fsp3) is 0.717. The summed E-state index contributed by atoms with van der Waals surface area (Å²) in [5.41, 5.74) is 0. The summed E-state index contributed by atoms with van der Waals surface area (Å²) in [6.45, 7) is 6.48. The van der Waals surface area contributed by atoms with Gasteiger partial charge in [0.05, 0.1) is 0 Å². The Morgan fingerprint density at radius 2 is 0.627 bits per heavy atom. The van der Waals surface area contributed by atoms with Gasteiger partial charge in [0.15, 0.2) is 6.10 Å². The summed E-state index contributed by atoms with van der Waals surface area (Å²) in [5.74, 6) is -0.965. The van der Waals surface area contributed by atoms with Gasteiger partial charge in [0, 0.05) is 19.3 Å². The summed E-state index contributed by atoms with van der Waals surface area (Å²) in [4.78, 5) is 37.8. The van der Waals surface area contributed by atoms with Crippen LogP contribution in [0.25, 0.3) is 0 Å². The zero-order chi connectivity index (χ0) is 43.0. The molecule has 0 unspecified atom stereocenters. The van der Waals surface area contributed by atoms with Gasteiger partial charge in [-0.1, -0.05) is 171 Å². The Bertz CT molecular complexity index is 1130. The molecular weight excluding hydrogens is 733 g/mol. The zero-order valence-corrected chi connectivity index (χ0v) is 38.5. The van der Waals surface area contributed by atoms with Gasteiger partial charge >= 0.3 is 17.9 Å². The van der Waals surface area contributed by atoms with Crippen LogP contribution in [0.4, 0.5) is 0 Å². The molecule has 0 rings (SSSR count). The number of ether oxygens (including phenoxy) is 3. The SMILES string of the molecule is CCCC/C=C\CCCCCCCC(=O)OC[C@@H](COC(=O)CCCCCCC/C=C\C/C=C\CCCCC)OC(=O)CCCC/C=C\C/C=C\C/C=C\CCCCC. The first-order chi connectivity index (χ1) is 29.0. The van der Waals surface area contributed by atoms with E-state index in [1.54, 1.807) is 0 Å². The van der Waals surface area contributed by atoms with Crippen LogP contribution in [-0.4, -0.2) is 37.2 Å². The fourth-order valence-corrected chi connectivity index (χ4v) is 6.40. The average Bonchev–Trinajstić information content (AvgIpc) is 3.23. The van der Waals surface area contributed by atoms with Gasteiger partial charge < -0.3 is 14.2 Å². The van der Waals surface area contributed by atoms with E-state index in [2.05, 4.69) is 93.7 Å². The van der Waals surface area contributed by atoms with Crippen LogP contribution in [0.5, 0.6) is 0 Å². The van der Waals surface area contributed by atoms with Gasteiger partial charge in [0.25, 0.3) is 0 Å². The van der Waals surface area contributed by atoms with Gasteiger partial charge in [-0.25, -0.2) is 0 Å². The molecule has 0 amide bonds. The first-order valence-electron chi connectivity index (χ1n) is 24.4. The minimum atomic E-state index is -0.803. The average molecular weight is 823 g/mol. The molecule has 0 saturated carbocycles. The minimum absolute atomic E-state index is 0.100. The van der Waals surface area contributed by atoms with Crippen LogP contribution in [0.2, 0.25) is 0 Å². The fourth-order valence-electron chi connectivity index (χ4n) is 6.40. The lowest BCUT2D eigenvalue weighted by molar-refractivity contribution is -0.167. The van der Waals surface area contributed by atoms with E-state index in [0.717, 1.165) is 103 Å². The molecule has 0 N–H and O–H groups in total. The van der Waals surface area contributed by atoms with E-state index in [-0.39, 0.29) is 37.5 Å². The number of allylic oxidation sites excluding steroid dienone is 12. The van der Waals surface area contributed by atoms with E-state index in [4.69, 9.17) is 14.2 Å². The number of hydrogen-bond donors (Lipinski definition) is 0. The maximum absolute atomic E-state index is 12.7. The first kappa shape index (κ1) is 55.9. The Hall–Kier alpha value is -3.15. The van der Waals surface area contributed by atoms with Crippen LogP contribution in [0.3, 0.4) is 0 Å². The molecule has 0 aliphatic heterocycles. The molecule has 338 valence electrons. The number of unbranched alkanes of at least 4 members (excludes halogenated alkanes) is 20. The van der Waals surface area contributed by atoms with Gasteiger partial charge in [-0.05, 0) is 109 Å². The van der Waals surface area contributed by atoms with Crippen molar-refractivity contribution >= 4 is 17.9 Å². The summed E-state index contributed by atoms with van der Waals surface area (Å²) < 4.78 is 16.7. The molecule has 0 saturated heterocycles. The van der Waals surface area contributed by atoms with Crippen LogP contribution in [0, 0.1) is 0 Å². The molecule has 0 spiro atoms. The van der Waals surface area contributed by atoms with Crippen molar-refractivity contribution in [1.82, 2.24) is 0 Å². The molecule has 0 heterocycles. The Labute approximate surface area is 363 Å². The van der Waals surface area contributed by atoms with E-state index in [1.807, 2.05) is 0 Å². The van der Waals surface area contributed by atoms with E-state index < -0.39 is 6.10 Å². The molecule has 1 atom stereocenters. The van der Waals surface area contributed by atoms with E-state index >= 15 is 0 Å². The third kappa shape index (κ3) is 45.8. The lowest BCUT2D eigenvalue weighted by atomic mass is 10.1. The smallest absolute Gasteiger partial charge is 0.306 e. The van der Waals surface area contributed by atoms with Crippen LogP contribution < -0.4 is 0 Å². The summed E-state index contributed by atoms with van der Waals surface area (Å²) >= 11 is 0. The highest BCUT2D eigenvalue weighted by Crippen LogP contribution is 2.12. The maximum atomic E-state index is 12.7. The van der Waals surface area contributed by atoms with Gasteiger partial charge in [-0.3, -0.25) is 14.4 Å². The normalized spacial score (nSPS) is 12.7. The second-order valence-corrected chi connectivity index (χ2v) is 16.0. The van der Waals surface area contributed by atoms with E-state index in [0.29, 0.717) is 19.3 Å². The van der Waals surface area contributed by atoms with Crippen LogP contribution in [0.1, 0.15) is 226 Å². The second-order valence-electron chi connectivity index (χ2n) is 16.0. The third-order valence-electron chi connectivity index (χ3n) is 10.2. The molecule has 0 bridgehead atoms. The Balaban J connectivity index is 4.48. The lowest BCUT2D eigenvalue weighted by Gasteiger charge is -2.18. The zero-order valence-electron chi connectivity index (χ0n) is 38.5. The summed E-state index contributed by atoms with van der Waals surface area (Å²) in [6.07, 6.45) is 58.8. The van der Waals surface area contributed by atoms with Gasteiger partial charge in [0.2, 0.25) is 0 Å². The van der Waals surface area contributed by atoms with E-state index in [9.17, 15) is 14.4 Å². The highest BCUT2D eigenvalue weighted by Gasteiger charge is 2.19. The van der Waals surface area contributed by atoms with Crippen molar-refractivity contribution in [1.29, 1.82) is 0 Å². The maximum Gasteiger partial charge on any atom is 0.306 e. The van der Waals surface area contributed by atoms with Crippen molar-refractivity contribution < 1.29 is 28.6 Å². The first-order valence-corrected chi connectivity index (χ1v) is 24.4. The van der Waals surface area contributed by atoms with Gasteiger partial charge in [-0.15, -0.1) is 0 Å². The van der Waals surface area contributed by atoms with Crippen LogP contribution in [0.15, 0.2) is 72.9 Å². The highest BCUT2D eigenvalue weighted by atomic mass is 16.6. The minimum Gasteiger partial charge on any atom is -0.462 e.